The third-order valence-corrected chi connectivity index (χ3v) is 2.73. The standard InChI is InChI=1S/C11H14N2O2/c14-11(15)10-7-12-4-3-9(10)8-13-5-1-2-6-13/h3-4,7H,1-2,5-6,8H2,(H,14,15). The van der Waals surface area contributed by atoms with Crippen LogP contribution in [0.1, 0.15) is 28.8 Å². The van der Waals surface area contributed by atoms with Gasteiger partial charge in [0.05, 0.1) is 5.56 Å². The molecule has 0 aromatic carbocycles. The Bertz CT molecular complexity index is 359. The second-order valence-electron chi connectivity index (χ2n) is 3.82. The molecule has 0 saturated carbocycles. The summed E-state index contributed by atoms with van der Waals surface area (Å²) in [6.45, 7) is 2.87. The predicted octanol–water partition coefficient (Wildman–Crippen LogP) is 1.38. The van der Waals surface area contributed by atoms with Crippen molar-refractivity contribution in [1.82, 2.24) is 9.88 Å². The lowest BCUT2D eigenvalue weighted by molar-refractivity contribution is 0.0694. The van der Waals surface area contributed by atoms with Crippen LogP contribution in [0.3, 0.4) is 0 Å². The molecule has 0 aliphatic carbocycles. The Morgan fingerprint density at radius 2 is 2.20 bits per heavy atom. The summed E-state index contributed by atoms with van der Waals surface area (Å²) in [5.41, 5.74) is 1.18. The van der Waals surface area contributed by atoms with E-state index in [9.17, 15) is 4.79 Å². The number of pyridine rings is 1. The minimum atomic E-state index is -0.891. The molecule has 2 heterocycles. The second kappa shape index (κ2) is 4.40. The molecule has 1 aromatic rings. The molecule has 0 bridgehead atoms. The van der Waals surface area contributed by atoms with Crippen molar-refractivity contribution in [3.8, 4) is 0 Å². The molecule has 1 saturated heterocycles. The first-order valence-corrected chi connectivity index (χ1v) is 5.16. The van der Waals surface area contributed by atoms with Crippen molar-refractivity contribution < 1.29 is 9.90 Å². The molecule has 1 aromatic heterocycles. The van der Waals surface area contributed by atoms with Gasteiger partial charge in [0.1, 0.15) is 0 Å². The number of rotatable bonds is 3. The number of carbonyl (C=O) groups is 1. The average Bonchev–Trinajstić information content (AvgIpc) is 2.71. The lowest BCUT2D eigenvalue weighted by atomic mass is 10.1. The summed E-state index contributed by atoms with van der Waals surface area (Å²) in [6, 6.07) is 1.79. The van der Waals surface area contributed by atoms with Crippen molar-refractivity contribution in [2.45, 2.75) is 19.4 Å². The minimum Gasteiger partial charge on any atom is -0.478 e. The molecule has 0 amide bonds. The van der Waals surface area contributed by atoms with E-state index in [1.165, 1.54) is 19.0 Å². The zero-order chi connectivity index (χ0) is 10.7. The highest BCUT2D eigenvalue weighted by molar-refractivity contribution is 5.88. The van der Waals surface area contributed by atoms with Gasteiger partial charge in [-0.3, -0.25) is 9.88 Å². The van der Waals surface area contributed by atoms with E-state index in [4.69, 9.17) is 5.11 Å². The molecule has 0 radical (unpaired) electrons. The van der Waals surface area contributed by atoms with Crippen molar-refractivity contribution in [2.24, 2.45) is 0 Å². The fourth-order valence-electron chi connectivity index (χ4n) is 1.94. The number of hydrogen-bond acceptors (Lipinski definition) is 3. The number of aromatic carboxylic acids is 1. The maximum atomic E-state index is 10.9. The summed E-state index contributed by atoms with van der Waals surface area (Å²) in [5, 5.41) is 8.98. The zero-order valence-electron chi connectivity index (χ0n) is 8.52. The van der Waals surface area contributed by atoms with Crippen LogP contribution in [0.2, 0.25) is 0 Å². The van der Waals surface area contributed by atoms with Crippen molar-refractivity contribution in [3.05, 3.63) is 29.6 Å². The molecule has 1 aliphatic rings. The molecule has 1 aliphatic heterocycles. The number of nitrogens with zero attached hydrogens (tertiary/aromatic N) is 2. The van der Waals surface area contributed by atoms with E-state index in [1.54, 1.807) is 12.3 Å². The number of aromatic nitrogens is 1. The molecule has 0 atom stereocenters. The van der Waals surface area contributed by atoms with Crippen molar-refractivity contribution in [2.75, 3.05) is 13.1 Å². The van der Waals surface area contributed by atoms with Gasteiger partial charge in [0.15, 0.2) is 0 Å². The van der Waals surface area contributed by atoms with E-state index in [-0.39, 0.29) is 0 Å². The van der Waals surface area contributed by atoms with Crippen LogP contribution < -0.4 is 0 Å². The molecule has 0 spiro atoms. The fourth-order valence-corrected chi connectivity index (χ4v) is 1.94. The molecule has 0 unspecified atom stereocenters. The van der Waals surface area contributed by atoms with Gasteiger partial charge < -0.3 is 5.11 Å². The normalized spacial score (nSPS) is 16.8. The first kappa shape index (κ1) is 10.1. The Labute approximate surface area is 88.6 Å². The topological polar surface area (TPSA) is 53.4 Å². The zero-order valence-corrected chi connectivity index (χ0v) is 8.52. The summed E-state index contributed by atoms with van der Waals surface area (Å²) in [5.74, 6) is -0.891. The maximum Gasteiger partial charge on any atom is 0.337 e. The minimum absolute atomic E-state index is 0.324. The summed E-state index contributed by atoms with van der Waals surface area (Å²) < 4.78 is 0. The lowest BCUT2D eigenvalue weighted by Gasteiger charge is -2.15. The van der Waals surface area contributed by atoms with E-state index in [0.717, 1.165) is 25.2 Å². The Morgan fingerprint density at radius 3 is 2.87 bits per heavy atom. The Balaban J connectivity index is 2.15. The Kier molecular flexibility index (Phi) is 2.97. The van der Waals surface area contributed by atoms with E-state index in [2.05, 4.69) is 9.88 Å². The molecular weight excluding hydrogens is 192 g/mol. The number of carboxylic acids is 1. The number of carboxylic acid groups (broad SMARTS) is 1. The highest BCUT2D eigenvalue weighted by atomic mass is 16.4. The first-order valence-electron chi connectivity index (χ1n) is 5.16. The smallest absolute Gasteiger partial charge is 0.337 e. The van der Waals surface area contributed by atoms with Gasteiger partial charge in [-0.1, -0.05) is 0 Å². The van der Waals surface area contributed by atoms with E-state index in [0.29, 0.717) is 5.56 Å². The summed E-state index contributed by atoms with van der Waals surface area (Å²) >= 11 is 0. The third kappa shape index (κ3) is 2.33. The van der Waals surface area contributed by atoms with Gasteiger partial charge >= 0.3 is 5.97 Å². The molecular formula is C11H14N2O2. The maximum absolute atomic E-state index is 10.9. The predicted molar refractivity (Wildman–Crippen MR) is 55.7 cm³/mol. The SMILES string of the molecule is O=C(O)c1cnccc1CN1CCCC1. The van der Waals surface area contributed by atoms with Crippen molar-refractivity contribution in [3.63, 3.8) is 0 Å². The summed E-state index contributed by atoms with van der Waals surface area (Å²) in [7, 11) is 0. The van der Waals surface area contributed by atoms with Crippen LogP contribution in [-0.2, 0) is 6.54 Å². The highest BCUT2D eigenvalue weighted by Crippen LogP contribution is 2.15. The van der Waals surface area contributed by atoms with Crippen LogP contribution in [0.15, 0.2) is 18.5 Å². The molecule has 1 fully saturated rings. The second-order valence-corrected chi connectivity index (χ2v) is 3.82. The van der Waals surface area contributed by atoms with Gasteiger partial charge in [0.25, 0.3) is 0 Å². The molecule has 80 valence electrons. The van der Waals surface area contributed by atoms with E-state index >= 15 is 0 Å². The van der Waals surface area contributed by atoms with Gasteiger partial charge in [-0.15, -0.1) is 0 Å². The molecule has 15 heavy (non-hydrogen) atoms. The largest absolute Gasteiger partial charge is 0.478 e. The van der Waals surface area contributed by atoms with Crippen molar-refractivity contribution in [1.29, 1.82) is 0 Å². The van der Waals surface area contributed by atoms with Gasteiger partial charge in [-0.2, -0.15) is 0 Å². The molecule has 4 nitrogen and oxygen atoms in total. The number of hydrogen-bond donors (Lipinski definition) is 1. The van der Waals surface area contributed by atoms with Gasteiger partial charge in [-0.05, 0) is 37.6 Å². The Hall–Kier alpha value is -1.42. The van der Waals surface area contributed by atoms with Crippen LogP contribution in [0.5, 0.6) is 0 Å². The van der Waals surface area contributed by atoms with Gasteiger partial charge in [0.2, 0.25) is 0 Å². The highest BCUT2D eigenvalue weighted by Gasteiger charge is 2.16. The number of likely N-dealkylation sites (tertiary alicyclic amines) is 1. The quantitative estimate of drug-likeness (QED) is 0.811. The van der Waals surface area contributed by atoms with Crippen LogP contribution in [0, 0.1) is 0 Å². The van der Waals surface area contributed by atoms with Crippen LogP contribution in [-0.4, -0.2) is 34.0 Å². The summed E-state index contributed by atoms with van der Waals surface area (Å²) in [4.78, 5) is 17.1. The molecule has 4 heteroatoms. The summed E-state index contributed by atoms with van der Waals surface area (Å²) in [6.07, 6.45) is 5.51. The first-order chi connectivity index (χ1) is 7.27. The average molecular weight is 206 g/mol. The fraction of sp³-hybridized carbons (Fsp3) is 0.455. The molecule has 1 N–H and O–H groups in total. The van der Waals surface area contributed by atoms with Crippen LogP contribution in [0.4, 0.5) is 0 Å². The monoisotopic (exact) mass is 206 g/mol. The van der Waals surface area contributed by atoms with Crippen LogP contribution in [0.25, 0.3) is 0 Å². The van der Waals surface area contributed by atoms with E-state index < -0.39 is 5.97 Å². The molecule has 2 rings (SSSR count). The Morgan fingerprint density at radius 1 is 1.47 bits per heavy atom. The van der Waals surface area contributed by atoms with Gasteiger partial charge in [0, 0.05) is 18.9 Å². The lowest BCUT2D eigenvalue weighted by Crippen LogP contribution is -2.20. The van der Waals surface area contributed by atoms with Gasteiger partial charge in [-0.25, -0.2) is 4.79 Å². The van der Waals surface area contributed by atoms with Crippen LogP contribution >= 0.6 is 0 Å². The van der Waals surface area contributed by atoms with Crippen molar-refractivity contribution >= 4 is 5.97 Å². The third-order valence-electron chi connectivity index (χ3n) is 2.73. The van der Waals surface area contributed by atoms with E-state index in [1.807, 2.05) is 0 Å².